The van der Waals surface area contributed by atoms with Crippen molar-refractivity contribution in [2.75, 3.05) is 26.4 Å². The van der Waals surface area contributed by atoms with Crippen molar-refractivity contribution in [3.8, 4) is 11.8 Å². The summed E-state index contributed by atoms with van der Waals surface area (Å²) < 4.78 is 5.34. The number of aromatic nitrogens is 1. The molecule has 0 aromatic carbocycles. The van der Waals surface area contributed by atoms with E-state index in [1.165, 1.54) is 6.20 Å². The summed E-state index contributed by atoms with van der Waals surface area (Å²) in [5, 5.41) is 11.5. The maximum atomic E-state index is 11.9. The molecule has 1 amide bonds. The van der Waals surface area contributed by atoms with Crippen LogP contribution in [0.15, 0.2) is 18.5 Å². The highest BCUT2D eigenvalue weighted by Gasteiger charge is 2.05. The first-order chi connectivity index (χ1) is 10.3. The number of carbonyl (C=O) groups excluding carboxylic acids is 1. The Kier molecular flexibility index (Phi) is 8.85. The first-order valence-electron chi connectivity index (χ1n) is 7.18. The number of ether oxygens (including phenoxy) is 1. The van der Waals surface area contributed by atoms with Crippen molar-refractivity contribution < 1.29 is 14.6 Å². The van der Waals surface area contributed by atoms with Crippen LogP contribution in [0.25, 0.3) is 0 Å². The molecule has 5 heteroatoms. The van der Waals surface area contributed by atoms with Crippen LogP contribution < -0.4 is 5.32 Å². The van der Waals surface area contributed by atoms with E-state index < -0.39 is 0 Å². The minimum absolute atomic E-state index is 0.0285. The number of aliphatic hydroxyl groups excluding tert-OH is 1. The molecule has 0 saturated heterocycles. The van der Waals surface area contributed by atoms with Crippen LogP contribution in [0.4, 0.5) is 0 Å². The fourth-order valence-corrected chi connectivity index (χ4v) is 1.58. The molecule has 0 atom stereocenters. The SMILES string of the molecule is CCCOCCCNC(=O)c1cncc(C#CCCO)c1. The summed E-state index contributed by atoms with van der Waals surface area (Å²) in [5.41, 5.74) is 1.16. The normalized spacial score (nSPS) is 9.81. The van der Waals surface area contributed by atoms with E-state index in [2.05, 4.69) is 29.1 Å². The van der Waals surface area contributed by atoms with E-state index in [4.69, 9.17) is 9.84 Å². The summed E-state index contributed by atoms with van der Waals surface area (Å²) in [6.45, 7) is 4.07. The fourth-order valence-electron chi connectivity index (χ4n) is 1.58. The van der Waals surface area contributed by atoms with Gasteiger partial charge in [0.25, 0.3) is 5.91 Å². The first kappa shape index (κ1) is 17.2. The molecule has 0 saturated carbocycles. The van der Waals surface area contributed by atoms with E-state index in [0.29, 0.717) is 30.7 Å². The third kappa shape index (κ3) is 7.45. The predicted molar refractivity (Wildman–Crippen MR) is 80.9 cm³/mol. The zero-order valence-electron chi connectivity index (χ0n) is 12.4. The third-order valence-corrected chi connectivity index (χ3v) is 2.57. The van der Waals surface area contributed by atoms with Gasteiger partial charge in [-0.2, -0.15) is 0 Å². The molecular weight excluding hydrogens is 268 g/mol. The second-order valence-electron chi connectivity index (χ2n) is 4.46. The Morgan fingerprint density at radius 1 is 1.43 bits per heavy atom. The van der Waals surface area contributed by atoms with Crippen LogP contribution in [0, 0.1) is 11.8 Å². The third-order valence-electron chi connectivity index (χ3n) is 2.57. The number of pyridine rings is 1. The molecule has 0 unspecified atom stereocenters. The van der Waals surface area contributed by atoms with Gasteiger partial charge in [-0.05, 0) is 18.9 Å². The summed E-state index contributed by atoms with van der Waals surface area (Å²) in [4.78, 5) is 15.9. The Hall–Kier alpha value is -1.90. The van der Waals surface area contributed by atoms with Gasteiger partial charge in [0.2, 0.25) is 0 Å². The number of nitrogens with zero attached hydrogens (tertiary/aromatic N) is 1. The molecule has 1 heterocycles. The van der Waals surface area contributed by atoms with Crippen molar-refractivity contribution in [2.24, 2.45) is 0 Å². The van der Waals surface area contributed by atoms with E-state index in [1.807, 2.05) is 0 Å². The van der Waals surface area contributed by atoms with Gasteiger partial charge >= 0.3 is 0 Å². The molecule has 1 rings (SSSR count). The van der Waals surface area contributed by atoms with Gasteiger partial charge in [0.1, 0.15) is 0 Å². The molecule has 114 valence electrons. The monoisotopic (exact) mass is 290 g/mol. The summed E-state index contributed by atoms with van der Waals surface area (Å²) in [6.07, 6.45) is 5.31. The van der Waals surface area contributed by atoms with Crippen LogP contribution >= 0.6 is 0 Å². The van der Waals surface area contributed by atoms with Crippen molar-refractivity contribution in [2.45, 2.75) is 26.2 Å². The summed E-state index contributed by atoms with van der Waals surface area (Å²) in [6, 6.07) is 1.69. The van der Waals surface area contributed by atoms with Crippen LogP contribution in [0.1, 0.15) is 42.1 Å². The molecule has 0 bridgehead atoms. The molecule has 1 aromatic rings. The number of hydrogen-bond donors (Lipinski definition) is 2. The van der Waals surface area contributed by atoms with Gasteiger partial charge in [0.05, 0.1) is 12.2 Å². The Labute approximate surface area is 125 Å². The molecule has 0 spiro atoms. The predicted octanol–water partition coefficient (Wildman–Crippen LogP) is 1.36. The molecule has 0 radical (unpaired) electrons. The van der Waals surface area contributed by atoms with E-state index in [-0.39, 0.29) is 12.5 Å². The van der Waals surface area contributed by atoms with Crippen LogP contribution in [-0.2, 0) is 4.74 Å². The zero-order valence-corrected chi connectivity index (χ0v) is 12.4. The topological polar surface area (TPSA) is 71.5 Å². The second kappa shape index (κ2) is 10.8. The van der Waals surface area contributed by atoms with Gasteiger partial charge < -0.3 is 15.2 Å². The average molecular weight is 290 g/mol. The van der Waals surface area contributed by atoms with Crippen LogP contribution in [0.2, 0.25) is 0 Å². The lowest BCUT2D eigenvalue weighted by molar-refractivity contribution is 0.0941. The van der Waals surface area contributed by atoms with Crippen LogP contribution in [0.3, 0.4) is 0 Å². The first-order valence-corrected chi connectivity index (χ1v) is 7.18. The van der Waals surface area contributed by atoms with Crippen LogP contribution in [-0.4, -0.2) is 42.4 Å². The highest BCUT2D eigenvalue weighted by Crippen LogP contribution is 2.01. The Morgan fingerprint density at radius 2 is 2.29 bits per heavy atom. The van der Waals surface area contributed by atoms with Crippen molar-refractivity contribution >= 4 is 5.91 Å². The number of hydrogen-bond acceptors (Lipinski definition) is 4. The Morgan fingerprint density at radius 3 is 3.05 bits per heavy atom. The minimum Gasteiger partial charge on any atom is -0.395 e. The molecule has 1 aromatic heterocycles. The molecule has 0 aliphatic rings. The lowest BCUT2D eigenvalue weighted by Crippen LogP contribution is -2.25. The van der Waals surface area contributed by atoms with Gasteiger partial charge in [0.15, 0.2) is 0 Å². The van der Waals surface area contributed by atoms with E-state index in [9.17, 15) is 4.79 Å². The highest BCUT2D eigenvalue weighted by atomic mass is 16.5. The van der Waals surface area contributed by atoms with Gasteiger partial charge in [-0.25, -0.2) is 0 Å². The molecular formula is C16H22N2O3. The molecule has 0 aliphatic carbocycles. The van der Waals surface area contributed by atoms with Gasteiger partial charge in [-0.15, -0.1) is 0 Å². The smallest absolute Gasteiger partial charge is 0.252 e. The molecule has 0 aliphatic heterocycles. The van der Waals surface area contributed by atoms with Gasteiger partial charge in [-0.1, -0.05) is 18.8 Å². The standard InChI is InChI=1S/C16H22N2O3/c1-2-9-21-10-5-7-18-16(20)15-11-14(12-17-13-15)6-3-4-8-19/h11-13,19H,2,4-5,7-10H2,1H3,(H,18,20). The minimum atomic E-state index is -0.163. The van der Waals surface area contributed by atoms with Gasteiger partial charge in [-0.3, -0.25) is 9.78 Å². The molecule has 21 heavy (non-hydrogen) atoms. The van der Waals surface area contributed by atoms with Crippen molar-refractivity contribution in [3.63, 3.8) is 0 Å². The van der Waals surface area contributed by atoms with E-state index in [0.717, 1.165) is 19.4 Å². The summed E-state index contributed by atoms with van der Waals surface area (Å²) in [7, 11) is 0. The summed E-state index contributed by atoms with van der Waals surface area (Å²) in [5.74, 6) is 5.50. The van der Waals surface area contributed by atoms with Crippen LogP contribution in [0.5, 0.6) is 0 Å². The molecule has 0 fully saturated rings. The lowest BCUT2D eigenvalue weighted by atomic mass is 10.2. The van der Waals surface area contributed by atoms with Gasteiger partial charge in [0, 0.05) is 44.1 Å². The number of nitrogens with one attached hydrogen (secondary N) is 1. The largest absolute Gasteiger partial charge is 0.395 e. The highest BCUT2D eigenvalue weighted by molar-refractivity contribution is 5.94. The van der Waals surface area contributed by atoms with E-state index >= 15 is 0 Å². The van der Waals surface area contributed by atoms with Crippen molar-refractivity contribution in [1.82, 2.24) is 10.3 Å². The van der Waals surface area contributed by atoms with Crippen molar-refractivity contribution in [1.29, 1.82) is 0 Å². The summed E-state index contributed by atoms with van der Waals surface area (Å²) >= 11 is 0. The fraction of sp³-hybridized carbons (Fsp3) is 0.500. The quantitative estimate of drug-likeness (QED) is 0.560. The van der Waals surface area contributed by atoms with E-state index in [1.54, 1.807) is 12.3 Å². The Bertz CT molecular complexity index is 492. The van der Waals surface area contributed by atoms with Crippen molar-refractivity contribution in [3.05, 3.63) is 29.6 Å². The number of amides is 1. The maximum absolute atomic E-state index is 11.9. The Balaban J connectivity index is 2.40. The lowest BCUT2D eigenvalue weighted by Gasteiger charge is -2.05. The molecule has 5 nitrogen and oxygen atoms in total. The number of carbonyl (C=O) groups is 1. The zero-order chi connectivity index (χ0) is 15.3. The maximum Gasteiger partial charge on any atom is 0.252 e. The average Bonchev–Trinajstić information content (AvgIpc) is 2.51. The number of aliphatic hydroxyl groups is 1. The molecule has 2 N–H and O–H groups in total. The number of rotatable bonds is 8. The second-order valence-corrected chi connectivity index (χ2v) is 4.46.